The minimum Gasteiger partial charge on any atom is -0.379 e. The molecule has 2 rings (SSSR count). The molecule has 0 aliphatic carbocycles. The van der Waals surface area contributed by atoms with Gasteiger partial charge in [0.2, 0.25) is 0 Å². The van der Waals surface area contributed by atoms with Gasteiger partial charge < -0.3 is 15.0 Å². The van der Waals surface area contributed by atoms with Crippen molar-refractivity contribution in [3.8, 4) is 0 Å². The lowest BCUT2D eigenvalue weighted by molar-refractivity contribution is 0.165. The average molecular weight is 226 g/mol. The molecule has 0 aromatic heterocycles. The monoisotopic (exact) mass is 226 g/mol. The molecule has 1 N–H and O–H groups in total. The summed E-state index contributed by atoms with van der Waals surface area (Å²) in [5.41, 5.74) is 0. The molecule has 16 heavy (non-hydrogen) atoms. The van der Waals surface area contributed by atoms with Gasteiger partial charge in [0.1, 0.15) is 0 Å². The Bertz CT molecular complexity index is 210. The molecule has 2 aliphatic heterocycles. The normalized spacial score (nSPS) is 36.0. The van der Waals surface area contributed by atoms with Crippen LogP contribution >= 0.6 is 0 Å². The van der Waals surface area contributed by atoms with Gasteiger partial charge in [-0.1, -0.05) is 6.92 Å². The first-order valence-electron chi connectivity index (χ1n) is 6.86. The Hall–Kier alpha value is -0.120. The molecule has 3 atom stereocenters. The zero-order valence-corrected chi connectivity index (χ0v) is 10.7. The second-order valence-electron chi connectivity index (χ2n) is 5.34. The topological polar surface area (TPSA) is 24.5 Å². The van der Waals surface area contributed by atoms with Crippen LogP contribution in [0.15, 0.2) is 0 Å². The number of likely N-dealkylation sites (tertiary alicyclic amines) is 1. The van der Waals surface area contributed by atoms with Gasteiger partial charge in [0.15, 0.2) is 0 Å². The van der Waals surface area contributed by atoms with Gasteiger partial charge in [-0.05, 0) is 39.3 Å². The SMILES string of the molecule is CCCNC1COCC1CN1CCCC1C. The van der Waals surface area contributed by atoms with Gasteiger partial charge in [-0.25, -0.2) is 0 Å². The fraction of sp³-hybridized carbons (Fsp3) is 1.00. The van der Waals surface area contributed by atoms with Crippen molar-refractivity contribution in [1.82, 2.24) is 10.2 Å². The highest BCUT2D eigenvalue weighted by molar-refractivity contribution is 4.86. The van der Waals surface area contributed by atoms with Crippen molar-refractivity contribution < 1.29 is 4.74 Å². The van der Waals surface area contributed by atoms with Crippen LogP contribution in [0, 0.1) is 5.92 Å². The van der Waals surface area contributed by atoms with Crippen LogP contribution in [0.1, 0.15) is 33.1 Å². The molecule has 2 aliphatic rings. The van der Waals surface area contributed by atoms with Crippen molar-refractivity contribution in [3.05, 3.63) is 0 Å². The van der Waals surface area contributed by atoms with Crippen LogP contribution in [0.25, 0.3) is 0 Å². The highest BCUT2D eigenvalue weighted by Crippen LogP contribution is 2.22. The second kappa shape index (κ2) is 5.99. The summed E-state index contributed by atoms with van der Waals surface area (Å²) in [5.74, 6) is 0.701. The van der Waals surface area contributed by atoms with E-state index in [4.69, 9.17) is 4.74 Å². The highest BCUT2D eigenvalue weighted by atomic mass is 16.5. The van der Waals surface area contributed by atoms with Crippen LogP contribution in [0.2, 0.25) is 0 Å². The van der Waals surface area contributed by atoms with Gasteiger partial charge in [-0.3, -0.25) is 0 Å². The molecule has 0 aromatic carbocycles. The molecule has 0 radical (unpaired) electrons. The third kappa shape index (κ3) is 2.96. The molecule has 0 spiro atoms. The molecule has 0 bridgehead atoms. The lowest BCUT2D eigenvalue weighted by Gasteiger charge is -2.27. The van der Waals surface area contributed by atoms with Crippen LogP contribution in [0.3, 0.4) is 0 Å². The Morgan fingerprint density at radius 1 is 1.38 bits per heavy atom. The first-order chi connectivity index (χ1) is 7.81. The number of ether oxygens (including phenoxy) is 1. The molecule has 94 valence electrons. The van der Waals surface area contributed by atoms with Gasteiger partial charge in [0.25, 0.3) is 0 Å². The Balaban J connectivity index is 1.78. The molecule has 3 unspecified atom stereocenters. The summed E-state index contributed by atoms with van der Waals surface area (Å²) in [6.45, 7) is 10.1. The van der Waals surface area contributed by atoms with E-state index in [1.165, 1.54) is 32.4 Å². The maximum absolute atomic E-state index is 5.62. The molecule has 2 heterocycles. The largest absolute Gasteiger partial charge is 0.379 e. The lowest BCUT2D eigenvalue weighted by Crippen LogP contribution is -2.42. The quantitative estimate of drug-likeness (QED) is 0.768. The molecule has 3 nitrogen and oxygen atoms in total. The van der Waals surface area contributed by atoms with Gasteiger partial charge in [-0.2, -0.15) is 0 Å². The summed E-state index contributed by atoms with van der Waals surface area (Å²) in [5, 5.41) is 3.62. The zero-order chi connectivity index (χ0) is 11.4. The summed E-state index contributed by atoms with van der Waals surface area (Å²) in [4.78, 5) is 2.64. The van der Waals surface area contributed by atoms with Crippen molar-refractivity contribution in [2.45, 2.75) is 45.2 Å². The standard InChI is InChI=1S/C13H26N2O/c1-3-6-14-13-10-16-9-12(13)8-15-7-4-5-11(15)2/h11-14H,3-10H2,1-2H3. The van der Waals surface area contributed by atoms with E-state index < -0.39 is 0 Å². The van der Waals surface area contributed by atoms with Crippen molar-refractivity contribution >= 4 is 0 Å². The molecule has 2 saturated heterocycles. The number of rotatable bonds is 5. The lowest BCUT2D eigenvalue weighted by atomic mass is 10.0. The van der Waals surface area contributed by atoms with Crippen LogP contribution < -0.4 is 5.32 Å². The zero-order valence-electron chi connectivity index (χ0n) is 10.7. The fourth-order valence-electron chi connectivity index (χ4n) is 2.90. The van der Waals surface area contributed by atoms with Crippen LogP contribution in [-0.2, 0) is 4.74 Å². The number of nitrogens with one attached hydrogen (secondary N) is 1. The predicted molar refractivity (Wildman–Crippen MR) is 66.7 cm³/mol. The van der Waals surface area contributed by atoms with Crippen LogP contribution in [0.4, 0.5) is 0 Å². The molecule has 3 heteroatoms. The van der Waals surface area contributed by atoms with Gasteiger partial charge in [0.05, 0.1) is 13.2 Å². The third-order valence-electron chi connectivity index (χ3n) is 4.01. The summed E-state index contributed by atoms with van der Waals surface area (Å²) in [6.07, 6.45) is 3.96. The average Bonchev–Trinajstić information content (AvgIpc) is 2.87. The molecule has 2 fully saturated rings. The van der Waals surface area contributed by atoms with Crippen molar-refractivity contribution in [1.29, 1.82) is 0 Å². The Morgan fingerprint density at radius 2 is 2.25 bits per heavy atom. The van der Waals surface area contributed by atoms with E-state index in [9.17, 15) is 0 Å². The molecule has 0 amide bonds. The van der Waals surface area contributed by atoms with Crippen LogP contribution in [0.5, 0.6) is 0 Å². The Morgan fingerprint density at radius 3 is 2.94 bits per heavy atom. The van der Waals surface area contributed by atoms with E-state index in [0.717, 1.165) is 25.8 Å². The molecule has 0 aromatic rings. The van der Waals surface area contributed by atoms with E-state index in [1.54, 1.807) is 0 Å². The summed E-state index contributed by atoms with van der Waals surface area (Å²) >= 11 is 0. The van der Waals surface area contributed by atoms with Gasteiger partial charge >= 0.3 is 0 Å². The second-order valence-corrected chi connectivity index (χ2v) is 5.34. The Labute approximate surface area is 99.5 Å². The summed E-state index contributed by atoms with van der Waals surface area (Å²) in [7, 11) is 0. The van der Waals surface area contributed by atoms with Gasteiger partial charge in [-0.15, -0.1) is 0 Å². The minimum absolute atomic E-state index is 0.591. The molecule has 0 saturated carbocycles. The van der Waals surface area contributed by atoms with Crippen LogP contribution in [-0.4, -0.2) is 49.8 Å². The maximum Gasteiger partial charge on any atom is 0.0623 e. The minimum atomic E-state index is 0.591. The molecular formula is C13H26N2O. The third-order valence-corrected chi connectivity index (χ3v) is 4.01. The highest BCUT2D eigenvalue weighted by Gasteiger charge is 2.31. The maximum atomic E-state index is 5.62. The first kappa shape index (κ1) is 12.3. The number of nitrogens with zero attached hydrogens (tertiary/aromatic N) is 1. The first-order valence-corrected chi connectivity index (χ1v) is 6.86. The van der Waals surface area contributed by atoms with Crippen molar-refractivity contribution in [2.24, 2.45) is 5.92 Å². The van der Waals surface area contributed by atoms with E-state index in [1.807, 2.05) is 0 Å². The summed E-state index contributed by atoms with van der Waals surface area (Å²) < 4.78 is 5.62. The van der Waals surface area contributed by atoms with Crippen molar-refractivity contribution in [3.63, 3.8) is 0 Å². The smallest absolute Gasteiger partial charge is 0.0623 e. The fourth-order valence-corrected chi connectivity index (χ4v) is 2.90. The summed E-state index contributed by atoms with van der Waals surface area (Å²) in [6, 6.07) is 1.38. The number of hydrogen-bond donors (Lipinski definition) is 1. The van der Waals surface area contributed by atoms with E-state index >= 15 is 0 Å². The van der Waals surface area contributed by atoms with Gasteiger partial charge in [0, 0.05) is 24.5 Å². The molecular weight excluding hydrogens is 200 g/mol. The van der Waals surface area contributed by atoms with E-state index in [0.29, 0.717) is 12.0 Å². The number of hydrogen-bond acceptors (Lipinski definition) is 3. The van der Waals surface area contributed by atoms with E-state index in [-0.39, 0.29) is 0 Å². The van der Waals surface area contributed by atoms with Crippen molar-refractivity contribution in [2.75, 3.05) is 32.8 Å². The predicted octanol–water partition coefficient (Wildman–Crippen LogP) is 1.49. The Kier molecular flexibility index (Phi) is 4.62. The van der Waals surface area contributed by atoms with E-state index in [2.05, 4.69) is 24.1 Å².